The minimum atomic E-state index is -0.391. The summed E-state index contributed by atoms with van der Waals surface area (Å²) >= 11 is 1.86. The number of hydrogen-bond acceptors (Lipinski definition) is 3. The molecule has 0 spiro atoms. The van der Waals surface area contributed by atoms with Crippen molar-refractivity contribution in [2.75, 3.05) is 23.8 Å². The van der Waals surface area contributed by atoms with Crippen LogP contribution in [-0.4, -0.2) is 18.1 Å². The molecule has 0 saturated carbocycles. The summed E-state index contributed by atoms with van der Waals surface area (Å²) in [7, 11) is 0. The summed E-state index contributed by atoms with van der Waals surface area (Å²) < 4.78 is 18.5. The van der Waals surface area contributed by atoms with Crippen LogP contribution >= 0.6 is 11.8 Å². The van der Waals surface area contributed by atoms with Crippen molar-refractivity contribution >= 4 is 17.4 Å². The van der Waals surface area contributed by atoms with Crippen LogP contribution in [0, 0.1) is 5.82 Å². The van der Waals surface area contributed by atoms with Crippen LogP contribution in [0.2, 0.25) is 0 Å². The lowest BCUT2D eigenvalue weighted by molar-refractivity contribution is 0.302. The van der Waals surface area contributed by atoms with E-state index in [1.807, 2.05) is 11.8 Å². The summed E-state index contributed by atoms with van der Waals surface area (Å²) in [4.78, 5) is 0. The fourth-order valence-electron chi connectivity index (χ4n) is 1.12. The minimum Gasteiger partial charge on any atom is -0.490 e. The largest absolute Gasteiger partial charge is 0.490 e. The van der Waals surface area contributed by atoms with Gasteiger partial charge in [-0.05, 0) is 30.1 Å². The highest BCUT2D eigenvalue weighted by Gasteiger charge is 2.02. The van der Waals surface area contributed by atoms with Gasteiger partial charge in [-0.2, -0.15) is 11.8 Å². The van der Waals surface area contributed by atoms with E-state index >= 15 is 0 Å². The van der Waals surface area contributed by atoms with Gasteiger partial charge in [-0.3, -0.25) is 0 Å². The van der Waals surface area contributed by atoms with Crippen molar-refractivity contribution in [3.63, 3.8) is 0 Å². The Morgan fingerprint density at radius 1 is 1.47 bits per heavy atom. The molecule has 0 radical (unpaired) electrons. The van der Waals surface area contributed by atoms with E-state index in [1.54, 1.807) is 12.1 Å². The van der Waals surface area contributed by atoms with E-state index in [0.717, 1.165) is 17.9 Å². The summed E-state index contributed by atoms with van der Waals surface area (Å²) in [5.74, 6) is 2.05. The van der Waals surface area contributed by atoms with Gasteiger partial charge in [-0.1, -0.05) is 6.92 Å². The standard InChI is InChI=1S/C11H16FNOS/c1-2-15-7-3-6-14-11-5-4-9(13)8-10(11)12/h4-5,8H,2-3,6-7,13H2,1H3. The molecule has 0 heterocycles. The Bertz CT molecular complexity index is 307. The zero-order chi connectivity index (χ0) is 11.1. The summed E-state index contributed by atoms with van der Waals surface area (Å²) in [6, 6.07) is 4.48. The van der Waals surface area contributed by atoms with E-state index < -0.39 is 5.82 Å². The predicted molar refractivity (Wildman–Crippen MR) is 63.9 cm³/mol. The number of thioether (sulfide) groups is 1. The van der Waals surface area contributed by atoms with Crippen LogP contribution in [0.15, 0.2) is 18.2 Å². The molecule has 1 aromatic rings. The molecule has 2 nitrogen and oxygen atoms in total. The maximum atomic E-state index is 13.2. The van der Waals surface area contributed by atoms with Gasteiger partial charge in [0, 0.05) is 11.8 Å². The summed E-state index contributed by atoms with van der Waals surface area (Å²) in [6.07, 6.45) is 0.933. The first-order valence-corrected chi connectivity index (χ1v) is 6.15. The lowest BCUT2D eigenvalue weighted by atomic mass is 10.3. The quantitative estimate of drug-likeness (QED) is 0.601. The molecule has 15 heavy (non-hydrogen) atoms. The van der Waals surface area contributed by atoms with Gasteiger partial charge in [-0.25, -0.2) is 4.39 Å². The lowest BCUT2D eigenvalue weighted by Crippen LogP contribution is -2.01. The van der Waals surface area contributed by atoms with E-state index in [2.05, 4.69) is 6.92 Å². The molecule has 0 amide bonds. The van der Waals surface area contributed by atoms with Gasteiger partial charge < -0.3 is 10.5 Å². The molecule has 0 bridgehead atoms. The Morgan fingerprint density at radius 2 is 2.27 bits per heavy atom. The highest BCUT2D eigenvalue weighted by atomic mass is 32.2. The molecule has 1 aromatic carbocycles. The monoisotopic (exact) mass is 229 g/mol. The summed E-state index contributed by atoms with van der Waals surface area (Å²) in [5.41, 5.74) is 5.84. The van der Waals surface area contributed by atoms with E-state index in [0.29, 0.717) is 12.3 Å². The topological polar surface area (TPSA) is 35.2 Å². The van der Waals surface area contributed by atoms with Crippen LogP contribution in [-0.2, 0) is 0 Å². The second kappa shape index (κ2) is 6.56. The van der Waals surface area contributed by atoms with Crippen molar-refractivity contribution in [3.05, 3.63) is 24.0 Å². The highest BCUT2D eigenvalue weighted by Crippen LogP contribution is 2.19. The molecule has 4 heteroatoms. The maximum absolute atomic E-state index is 13.2. The van der Waals surface area contributed by atoms with Gasteiger partial charge in [0.15, 0.2) is 11.6 Å². The molecule has 84 valence electrons. The number of nitrogen functional groups attached to an aromatic ring is 1. The average molecular weight is 229 g/mol. The van der Waals surface area contributed by atoms with Gasteiger partial charge >= 0.3 is 0 Å². The summed E-state index contributed by atoms with van der Waals surface area (Å²) in [5, 5.41) is 0. The van der Waals surface area contributed by atoms with Crippen LogP contribution in [0.25, 0.3) is 0 Å². The molecule has 0 aliphatic rings. The predicted octanol–water partition coefficient (Wildman–Crippen LogP) is 2.93. The minimum absolute atomic E-state index is 0.283. The number of ether oxygens (including phenoxy) is 1. The molecular formula is C11H16FNOS. The van der Waals surface area contributed by atoms with Crippen LogP contribution in [0.4, 0.5) is 10.1 Å². The number of halogens is 1. The number of hydrogen-bond donors (Lipinski definition) is 1. The van der Waals surface area contributed by atoms with E-state index in [1.165, 1.54) is 6.07 Å². The molecule has 0 aliphatic carbocycles. The van der Waals surface area contributed by atoms with E-state index in [-0.39, 0.29) is 5.75 Å². The van der Waals surface area contributed by atoms with Crippen LogP contribution < -0.4 is 10.5 Å². The van der Waals surface area contributed by atoms with Crippen LogP contribution in [0.1, 0.15) is 13.3 Å². The molecule has 0 aromatic heterocycles. The van der Waals surface area contributed by atoms with Gasteiger partial charge in [0.05, 0.1) is 6.61 Å². The SMILES string of the molecule is CCSCCCOc1ccc(N)cc1F. The second-order valence-electron chi connectivity index (χ2n) is 3.09. The van der Waals surface area contributed by atoms with Crippen molar-refractivity contribution < 1.29 is 9.13 Å². The zero-order valence-electron chi connectivity index (χ0n) is 8.83. The molecule has 0 saturated heterocycles. The Kier molecular flexibility index (Phi) is 5.32. The van der Waals surface area contributed by atoms with Crippen LogP contribution in [0.5, 0.6) is 5.75 Å². The van der Waals surface area contributed by atoms with Gasteiger partial charge in [0.2, 0.25) is 0 Å². The molecule has 0 unspecified atom stereocenters. The molecular weight excluding hydrogens is 213 g/mol. The van der Waals surface area contributed by atoms with E-state index in [4.69, 9.17) is 10.5 Å². The normalized spacial score (nSPS) is 10.3. The Morgan fingerprint density at radius 3 is 2.93 bits per heavy atom. The molecule has 1 rings (SSSR count). The Labute approximate surface area is 94.0 Å². The van der Waals surface area contributed by atoms with Gasteiger partial charge in [0.25, 0.3) is 0 Å². The third kappa shape index (κ3) is 4.42. The number of rotatable bonds is 6. The second-order valence-corrected chi connectivity index (χ2v) is 4.48. The van der Waals surface area contributed by atoms with Crippen molar-refractivity contribution in [1.82, 2.24) is 0 Å². The first-order valence-electron chi connectivity index (χ1n) is 4.99. The number of benzene rings is 1. The lowest BCUT2D eigenvalue weighted by Gasteiger charge is -2.07. The van der Waals surface area contributed by atoms with Crippen LogP contribution in [0.3, 0.4) is 0 Å². The highest BCUT2D eigenvalue weighted by molar-refractivity contribution is 7.99. The maximum Gasteiger partial charge on any atom is 0.167 e. The molecule has 0 fully saturated rings. The first kappa shape index (κ1) is 12.2. The molecule has 2 N–H and O–H groups in total. The average Bonchev–Trinajstić information content (AvgIpc) is 2.20. The summed E-state index contributed by atoms with van der Waals surface area (Å²) in [6.45, 7) is 2.67. The van der Waals surface area contributed by atoms with Crippen molar-refractivity contribution in [3.8, 4) is 5.75 Å². The first-order chi connectivity index (χ1) is 7.24. The number of nitrogens with two attached hydrogens (primary N) is 1. The fourth-order valence-corrected chi connectivity index (χ4v) is 1.73. The third-order valence-corrected chi connectivity index (χ3v) is 2.84. The smallest absolute Gasteiger partial charge is 0.167 e. The van der Waals surface area contributed by atoms with Crippen molar-refractivity contribution in [2.24, 2.45) is 0 Å². The van der Waals surface area contributed by atoms with Gasteiger partial charge in [-0.15, -0.1) is 0 Å². The molecule has 0 aliphatic heterocycles. The third-order valence-electron chi connectivity index (χ3n) is 1.85. The fraction of sp³-hybridized carbons (Fsp3) is 0.455. The van der Waals surface area contributed by atoms with E-state index in [9.17, 15) is 4.39 Å². The van der Waals surface area contributed by atoms with Crippen molar-refractivity contribution in [1.29, 1.82) is 0 Å². The Balaban J connectivity index is 2.31. The number of anilines is 1. The van der Waals surface area contributed by atoms with Gasteiger partial charge in [0.1, 0.15) is 0 Å². The molecule has 0 atom stereocenters. The zero-order valence-corrected chi connectivity index (χ0v) is 9.65. The Hall–Kier alpha value is -0.900. The van der Waals surface area contributed by atoms with Crippen molar-refractivity contribution in [2.45, 2.75) is 13.3 Å².